The smallest absolute Gasteiger partial charge is 0.337 e. The van der Waals surface area contributed by atoms with E-state index in [4.69, 9.17) is 42.0 Å². The van der Waals surface area contributed by atoms with Gasteiger partial charge in [0.1, 0.15) is 11.4 Å². The Morgan fingerprint density at radius 1 is 1.00 bits per heavy atom. The SMILES string of the molecule is COC(=O)c1cccc(-c2noc(C34CCC(CNc5c(-c6c(Cl)cccc6Cl)noc5C5CC5)(CC3)CC4)n2)c1. The number of hydrogen-bond acceptors (Lipinski definition) is 8. The molecule has 4 saturated carbocycles. The molecular formula is C31H30Cl2N4O4. The van der Waals surface area contributed by atoms with Crippen LogP contribution in [0.1, 0.15) is 79.3 Å². The van der Waals surface area contributed by atoms with Gasteiger partial charge in [-0.3, -0.25) is 0 Å². The van der Waals surface area contributed by atoms with E-state index in [0.29, 0.717) is 44.5 Å². The largest absolute Gasteiger partial charge is 0.465 e. The average Bonchev–Trinajstić information content (AvgIpc) is 3.56. The summed E-state index contributed by atoms with van der Waals surface area (Å²) < 4.78 is 16.6. The summed E-state index contributed by atoms with van der Waals surface area (Å²) in [6, 6.07) is 12.6. The summed E-state index contributed by atoms with van der Waals surface area (Å²) in [6.07, 6.45) is 8.34. The van der Waals surface area contributed by atoms with Crippen molar-refractivity contribution in [3.8, 4) is 22.6 Å². The molecule has 0 unspecified atom stereocenters. The Kier molecular flexibility index (Phi) is 6.58. The Morgan fingerprint density at radius 3 is 2.39 bits per heavy atom. The van der Waals surface area contributed by atoms with Crippen LogP contribution >= 0.6 is 23.2 Å². The number of benzene rings is 2. The first-order valence-corrected chi connectivity index (χ1v) is 14.9. The first-order chi connectivity index (χ1) is 19.9. The van der Waals surface area contributed by atoms with Gasteiger partial charge in [-0.2, -0.15) is 4.98 Å². The van der Waals surface area contributed by atoms with E-state index in [0.717, 1.165) is 74.9 Å². The van der Waals surface area contributed by atoms with Crippen molar-refractivity contribution in [2.45, 2.75) is 62.7 Å². The highest BCUT2D eigenvalue weighted by Crippen LogP contribution is 2.58. The molecule has 0 spiro atoms. The number of esters is 1. The molecular weight excluding hydrogens is 563 g/mol. The zero-order chi connectivity index (χ0) is 28.2. The number of ether oxygens (including phenoxy) is 1. The van der Waals surface area contributed by atoms with Crippen molar-refractivity contribution in [1.82, 2.24) is 15.3 Å². The third kappa shape index (κ3) is 4.71. The van der Waals surface area contributed by atoms with E-state index in [1.54, 1.807) is 18.2 Å². The van der Waals surface area contributed by atoms with Gasteiger partial charge in [0.25, 0.3) is 0 Å². The van der Waals surface area contributed by atoms with Crippen molar-refractivity contribution in [2.24, 2.45) is 5.41 Å². The van der Waals surface area contributed by atoms with E-state index in [1.807, 2.05) is 24.3 Å². The van der Waals surface area contributed by atoms with Gasteiger partial charge >= 0.3 is 5.97 Å². The number of fused-ring (bicyclic) bond motifs is 3. The molecule has 0 atom stereocenters. The number of methoxy groups -OCH3 is 1. The molecule has 4 fully saturated rings. The number of anilines is 1. The maximum Gasteiger partial charge on any atom is 0.337 e. The fourth-order valence-electron chi connectivity index (χ4n) is 6.58. The van der Waals surface area contributed by atoms with Crippen LogP contribution in [0.2, 0.25) is 10.0 Å². The minimum absolute atomic E-state index is 0.112. The Bertz CT molecular complexity index is 1580. The van der Waals surface area contributed by atoms with Crippen molar-refractivity contribution < 1.29 is 18.6 Å². The Hall–Kier alpha value is -3.36. The molecule has 0 aliphatic heterocycles. The molecule has 2 aromatic carbocycles. The van der Waals surface area contributed by atoms with Gasteiger partial charge in [0.05, 0.1) is 22.7 Å². The van der Waals surface area contributed by atoms with Gasteiger partial charge in [0.15, 0.2) is 5.76 Å². The molecule has 4 aliphatic rings. The number of nitrogens with zero attached hydrogens (tertiary/aromatic N) is 3. The van der Waals surface area contributed by atoms with Crippen LogP contribution in [0.25, 0.3) is 22.6 Å². The maximum absolute atomic E-state index is 12.0. The van der Waals surface area contributed by atoms with Crippen LogP contribution in [0.3, 0.4) is 0 Å². The predicted molar refractivity (Wildman–Crippen MR) is 155 cm³/mol. The summed E-state index contributed by atoms with van der Waals surface area (Å²) in [5, 5.41) is 13.6. The monoisotopic (exact) mass is 592 g/mol. The molecule has 0 amide bonds. The first kappa shape index (κ1) is 26.5. The molecule has 2 bridgehead atoms. The van der Waals surface area contributed by atoms with Crippen LogP contribution < -0.4 is 5.32 Å². The van der Waals surface area contributed by atoms with Crippen LogP contribution in [0, 0.1) is 5.41 Å². The number of carbonyl (C=O) groups excluding carboxylic acids is 1. The van der Waals surface area contributed by atoms with Gasteiger partial charge in [0.2, 0.25) is 11.7 Å². The quantitative estimate of drug-likeness (QED) is 0.205. The minimum Gasteiger partial charge on any atom is -0.465 e. The molecule has 4 aliphatic carbocycles. The van der Waals surface area contributed by atoms with Crippen molar-refractivity contribution in [2.75, 3.05) is 19.0 Å². The highest BCUT2D eigenvalue weighted by Gasteiger charge is 2.52. The van der Waals surface area contributed by atoms with Gasteiger partial charge in [-0.05, 0) is 81.0 Å². The molecule has 8 nitrogen and oxygen atoms in total. The summed E-state index contributed by atoms with van der Waals surface area (Å²) in [6.45, 7) is 0.828. The van der Waals surface area contributed by atoms with E-state index < -0.39 is 5.97 Å². The Morgan fingerprint density at radius 2 is 1.71 bits per heavy atom. The first-order valence-electron chi connectivity index (χ1n) is 14.1. The van der Waals surface area contributed by atoms with E-state index in [9.17, 15) is 4.79 Å². The fraction of sp³-hybridized carbons (Fsp3) is 0.419. The number of hydrogen-bond donors (Lipinski definition) is 1. The lowest BCUT2D eigenvalue weighted by molar-refractivity contribution is 0.0322. The lowest BCUT2D eigenvalue weighted by atomic mass is 9.53. The molecule has 2 heterocycles. The van der Waals surface area contributed by atoms with Crippen molar-refractivity contribution in [3.63, 3.8) is 0 Å². The normalized spacial score (nSPS) is 23.5. The highest BCUT2D eigenvalue weighted by molar-refractivity contribution is 6.39. The standard InChI is InChI=1S/C31H30Cl2N4O4/c1-39-28(38)20-5-2-4-19(16-20)27-35-29(41-37-27)31-13-10-30(11-14-31,12-15-31)17-34-25-24(36-40-26(25)18-8-9-18)23-21(32)6-3-7-22(23)33/h2-7,16,18,34H,8-15,17H2,1H3. The lowest BCUT2D eigenvalue weighted by Gasteiger charge is -2.52. The minimum atomic E-state index is -0.392. The second-order valence-corrected chi connectivity index (χ2v) is 12.6. The molecule has 0 saturated heterocycles. The number of rotatable bonds is 8. The number of nitrogens with one attached hydrogen (secondary N) is 1. The summed E-state index contributed by atoms with van der Waals surface area (Å²) in [5.41, 5.74) is 3.57. The molecule has 10 heteroatoms. The fourth-order valence-corrected chi connectivity index (χ4v) is 7.15. The second-order valence-electron chi connectivity index (χ2n) is 11.8. The zero-order valence-electron chi connectivity index (χ0n) is 22.7. The lowest BCUT2D eigenvalue weighted by Crippen LogP contribution is -2.47. The van der Waals surface area contributed by atoms with Gasteiger partial charge in [-0.25, -0.2) is 4.79 Å². The molecule has 212 valence electrons. The van der Waals surface area contributed by atoms with Crippen LogP contribution in [0.4, 0.5) is 5.69 Å². The van der Waals surface area contributed by atoms with Gasteiger partial charge in [-0.15, -0.1) is 0 Å². The summed E-state index contributed by atoms with van der Waals surface area (Å²) in [4.78, 5) is 16.8. The van der Waals surface area contributed by atoms with Crippen LogP contribution in [-0.4, -0.2) is 34.9 Å². The Balaban J connectivity index is 1.08. The van der Waals surface area contributed by atoms with Crippen molar-refractivity contribution in [3.05, 3.63) is 69.7 Å². The maximum atomic E-state index is 12.0. The van der Waals surface area contributed by atoms with Crippen molar-refractivity contribution in [1.29, 1.82) is 0 Å². The molecule has 4 aromatic rings. The van der Waals surface area contributed by atoms with Crippen molar-refractivity contribution >= 4 is 34.9 Å². The van der Waals surface area contributed by atoms with Crippen LogP contribution in [0.5, 0.6) is 0 Å². The Labute approximate surface area is 247 Å². The summed E-state index contributed by atoms with van der Waals surface area (Å²) in [7, 11) is 1.37. The second kappa shape index (κ2) is 10.2. The summed E-state index contributed by atoms with van der Waals surface area (Å²) in [5.74, 6) is 2.10. The summed E-state index contributed by atoms with van der Waals surface area (Å²) >= 11 is 13.1. The predicted octanol–water partition coefficient (Wildman–Crippen LogP) is 8.07. The average molecular weight is 594 g/mol. The topological polar surface area (TPSA) is 103 Å². The van der Waals surface area contributed by atoms with E-state index >= 15 is 0 Å². The molecule has 41 heavy (non-hydrogen) atoms. The number of aromatic nitrogens is 3. The highest BCUT2D eigenvalue weighted by atomic mass is 35.5. The zero-order valence-corrected chi connectivity index (χ0v) is 24.2. The van der Waals surface area contributed by atoms with E-state index in [1.165, 1.54) is 7.11 Å². The number of carbonyl (C=O) groups is 1. The van der Waals surface area contributed by atoms with Crippen LogP contribution in [0.15, 0.2) is 51.5 Å². The third-order valence-electron chi connectivity index (χ3n) is 9.33. The number of halogens is 2. The molecule has 8 rings (SSSR count). The van der Waals surface area contributed by atoms with E-state index in [-0.39, 0.29) is 10.8 Å². The molecule has 2 aromatic heterocycles. The van der Waals surface area contributed by atoms with Gasteiger partial charge in [-0.1, -0.05) is 51.7 Å². The third-order valence-corrected chi connectivity index (χ3v) is 9.96. The van der Waals surface area contributed by atoms with Gasteiger partial charge in [0, 0.05) is 29.0 Å². The van der Waals surface area contributed by atoms with Gasteiger partial charge < -0.3 is 19.1 Å². The molecule has 1 N–H and O–H groups in total. The van der Waals surface area contributed by atoms with Crippen LogP contribution in [-0.2, 0) is 10.2 Å². The van der Waals surface area contributed by atoms with E-state index in [2.05, 4.69) is 15.6 Å². The molecule has 0 radical (unpaired) electrons.